The number of oxime groups is 2. The minimum absolute atomic E-state index is 0.167. The van der Waals surface area contributed by atoms with E-state index in [1.54, 1.807) is 30.3 Å². The number of carbonyl (C=O) groups excluding carboxylic acids is 1. The summed E-state index contributed by atoms with van der Waals surface area (Å²) in [5.74, 6) is -0.740. The van der Waals surface area contributed by atoms with E-state index in [1.807, 2.05) is 0 Å². The second-order valence-corrected chi connectivity index (χ2v) is 6.21. The molecule has 0 aromatic heterocycles. The standard InChI is InChI=1S/C15H14N2O5S/c1-2-23(19,20)22-17-14-10-8-13(9-11-14)16-21-15(18)12-6-4-3-5-7-12/h3-11H,2H2,1H3. The van der Waals surface area contributed by atoms with E-state index < -0.39 is 16.1 Å². The summed E-state index contributed by atoms with van der Waals surface area (Å²) >= 11 is 0. The zero-order valence-electron chi connectivity index (χ0n) is 12.2. The lowest BCUT2D eigenvalue weighted by molar-refractivity contribution is 0.0517. The maximum atomic E-state index is 11.7. The number of carbonyl (C=O) groups is 1. The molecule has 23 heavy (non-hydrogen) atoms. The predicted octanol–water partition coefficient (Wildman–Crippen LogP) is 2.05. The first-order valence-corrected chi connectivity index (χ1v) is 8.28. The third-order valence-corrected chi connectivity index (χ3v) is 3.71. The van der Waals surface area contributed by atoms with Gasteiger partial charge in [0.15, 0.2) is 0 Å². The van der Waals surface area contributed by atoms with Crippen molar-refractivity contribution in [3.63, 3.8) is 0 Å². The van der Waals surface area contributed by atoms with Crippen LogP contribution >= 0.6 is 0 Å². The van der Waals surface area contributed by atoms with Gasteiger partial charge in [-0.2, -0.15) is 8.42 Å². The molecule has 1 aliphatic rings. The van der Waals surface area contributed by atoms with Crippen molar-refractivity contribution in [2.24, 2.45) is 10.3 Å². The van der Waals surface area contributed by atoms with Gasteiger partial charge >= 0.3 is 16.1 Å². The van der Waals surface area contributed by atoms with Crippen molar-refractivity contribution in [3.8, 4) is 0 Å². The maximum Gasteiger partial charge on any atom is 0.365 e. The smallest absolute Gasteiger partial charge is 0.312 e. The summed E-state index contributed by atoms with van der Waals surface area (Å²) in [6.45, 7) is 1.45. The van der Waals surface area contributed by atoms with Gasteiger partial charge < -0.3 is 4.84 Å². The minimum Gasteiger partial charge on any atom is -0.312 e. The highest BCUT2D eigenvalue weighted by Crippen LogP contribution is 2.04. The van der Waals surface area contributed by atoms with E-state index in [0.717, 1.165) is 0 Å². The maximum absolute atomic E-state index is 11.7. The Morgan fingerprint density at radius 1 is 1.00 bits per heavy atom. The lowest BCUT2D eigenvalue weighted by Crippen LogP contribution is -2.08. The fourth-order valence-electron chi connectivity index (χ4n) is 1.45. The van der Waals surface area contributed by atoms with Crippen LogP contribution in [-0.4, -0.2) is 31.6 Å². The van der Waals surface area contributed by atoms with Crippen LogP contribution in [0.25, 0.3) is 0 Å². The molecule has 0 atom stereocenters. The van der Waals surface area contributed by atoms with Crippen molar-refractivity contribution in [3.05, 3.63) is 60.2 Å². The quantitative estimate of drug-likeness (QED) is 0.466. The Bertz CT molecular complexity index is 774. The van der Waals surface area contributed by atoms with Gasteiger partial charge in [-0.1, -0.05) is 28.5 Å². The van der Waals surface area contributed by atoms with Gasteiger partial charge in [0.25, 0.3) is 0 Å². The number of nitrogens with zero attached hydrogens (tertiary/aromatic N) is 2. The van der Waals surface area contributed by atoms with Crippen LogP contribution in [0, 0.1) is 0 Å². The fourth-order valence-corrected chi connectivity index (χ4v) is 1.75. The predicted molar refractivity (Wildman–Crippen MR) is 85.6 cm³/mol. The van der Waals surface area contributed by atoms with E-state index >= 15 is 0 Å². The van der Waals surface area contributed by atoms with Gasteiger partial charge in [0.2, 0.25) is 0 Å². The summed E-state index contributed by atoms with van der Waals surface area (Å²) < 4.78 is 26.8. The average molecular weight is 334 g/mol. The van der Waals surface area contributed by atoms with E-state index in [0.29, 0.717) is 17.0 Å². The van der Waals surface area contributed by atoms with Crippen molar-refractivity contribution in [1.29, 1.82) is 0 Å². The third kappa shape index (κ3) is 5.19. The molecule has 0 heterocycles. The molecule has 0 N–H and O–H groups in total. The molecule has 0 aliphatic heterocycles. The van der Waals surface area contributed by atoms with Gasteiger partial charge in [0.05, 0.1) is 11.3 Å². The first kappa shape index (κ1) is 16.6. The van der Waals surface area contributed by atoms with Crippen LogP contribution in [0.2, 0.25) is 0 Å². The lowest BCUT2D eigenvalue weighted by atomic mass is 10.1. The molecule has 2 rings (SSSR count). The molecule has 0 saturated carbocycles. The molecular weight excluding hydrogens is 320 g/mol. The van der Waals surface area contributed by atoms with Gasteiger partial charge in [-0.15, -0.1) is 0 Å². The van der Waals surface area contributed by atoms with Crippen molar-refractivity contribution < 1.29 is 22.3 Å². The summed E-state index contributed by atoms with van der Waals surface area (Å²) in [7, 11) is -3.64. The highest BCUT2D eigenvalue weighted by molar-refractivity contribution is 7.86. The van der Waals surface area contributed by atoms with Crippen molar-refractivity contribution in [2.45, 2.75) is 6.92 Å². The van der Waals surface area contributed by atoms with Gasteiger partial charge in [-0.3, -0.25) is 4.28 Å². The van der Waals surface area contributed by atoms with Crippen LogP contribution in [0.15, 0.2) is 64.9 Å². The van der Waals surface area contributed by atoms with E-state index in [1.165, 1.54) is 31.2 Å². The average Bonchev–Trinajstić information content (AvgIpc) is 2.59. The Kier molecular flexibility index (Phi) is 5.42. The fraction of sp³-hybridized carbons (Fsp3) is 0.133. The van der Waals surface area contributed by atoms with E-state index in [2.05, 4.69) is 14.6 Å². The molecule has 0 spiro atoms. The third-order valence-electron chi connectivity index (χ3n) is 2.70. The SMILES string of the molecule is CCS(=O)(=O)ON=C1C=CC(=NOC(=O)c2ccccc2)C=C1. The molecule has 0 fully saturated rings. The number of allylic oxidation sites excluding steroid dienone is 4. The van der Waals surface area contributed by atoms with E-state index in [-0.39, 0.29) is 5.75 Å². The molecule has 0 bridgehead atoms. The van der Waals surface area contributed by atoms with Crippen molar-refractivity contribution in [1.82, 2.24) is 0 Å². The molecule has 8 heteroatoms. The molecular formula is C15H14N2O5S. The Morgan fingerprint density at radius 3 is 2.13 bits per heavy atom. The second kappa shape index (κ2) is 7.50. The summed E-state index contributed by atoms with van der Waals surface area (Å²) in [5.41, 5.74) is 1.07. The molecule has 120 valence electrons. The van der Waals surface area contributed by atoms with Gasteiger partial charge in [0.1, 0.15) is 11.4 Å². The van der Waals surface area contributed by atoms with Crippen molar-refractivity contribution in [2.75, 3.05) is 5.75 Å². The summed E-state index contributed by atoms with van der Waals surface area (Å²) in [5, 5.41) is 7.19. The minimum atomic E-state index is -3.64. The molecule has 0 saturated heterocycles. The largest absolute Gasteiger partial charge is 0.365 e. The molecule has 7 nitrogen and oxygen atoms in total. The van der Waals surface area contributed by atoms with Gasteiger partial charge in [-0.25, -0.2) is 4.79 Å². The first-order valence-electron chi connectivity index (χ1n) is 6.70. The molecule has 1 aliphatic carbocycles. The number of hydrogen-bond donors (Lipinski definition) is 0. The Balaban J connectivity index is 1.95. The van der Waals surface area contributed by atoms with Crippen LogP contribution in [0.1, 0.15) is 17.3 Å². The zero-order valence-corrected chi connectivity index (χ0v) is 13.1. The number of hydrogen-bond acceptors (Lipinski definition) is 7. The normalized spacial score (nSPS) is 13.6. The molecule has 0 unspecified atom stereocenters. The first-order chi connectivity index (χ1) is 11.0. The van der Waals surface area contributed by atoms with Crippen LogP contribution in [0.5, 0.6) is 0 Å². The zero-order chi connectivity index (χ0) is 16.7. The van der Waals surface area contributed by atoms with Gasteiger partial charge in [0, 0.05) is 0 Å². The second-order valence-electron chi connectivity index (χ2n) is 4.36. The molecule has 0 amide bonds. The lowest BCUT2D eigenvalue weighted by Gasteiger charge is -2.02. The Labute approximate surface area is 133 Å². The molecule has 1 aromatic rings. The highest BCUT2D eigenvalue weighted by Gasteiger charge is 2.09. The number of rotatable bonds is 5. The highest BCUT2D eigenvalue weighted by atomic mass is 32.2. The van der Waals surface area contributed by atoms with E-state index in [9.17, 15) is 13.2 Å². The summed E-state index contributed by atoms with van der Waals surface area (Å²) in [4.78, 5) is 16.5. The Morgan fingerprint density at radius 2 is 1.57 bits per heavy atom. The van der Waals surface area contributed by atoms with Crippen LogP contribution in [0.3, 0.4) is 0 Å². The molecule has 0 radical (unpaired) electrons. The van der Waals surface area contributed by atoms with Crippen LogP contribution in [0.4, 0.5) is 0 Å². The molecule has 1 aromatic carbocycles. The Hall–Kier alpha value is -2.74. The van der Waals surface area contributed by atoms with Crippen LogP contribution in [-0.2, 0) is 19.2 Å². The summed E-state index contributed by atoms with van der Waals surface area (Å²) in [6, 6.07) is 8.46. The number of benzene rings is 1. The topological polar surface area (TPSA) is 94.4 Å². The summed E-state index contributed by atoms with van der Waals surface area (Å²) in [6.07, 6.45) is 6.00. The van der Waals surface area contributed by atoms with E-state index in [4.69, 9.17) is 4.84 Å². The monoisotopic (exact) mass is 334 g/mol. The van der Waals surface area contributed by atoms with Crippen LogP contribution < -0.4 is 0 Å². The van der Waals surface area contributed by atoms with Gasteiger partial charge in [-0.05, 0) is 43.4 Å². The van der Waals surface area contributed by atoms with Crippen molar-refractivity contribution >= 4 is 27.5 Å².